The van der Waals surface area contributed by atoms with E-state index in [-0.39, 0.29) is 12.4 Å². The lowest BCUT2D eigenvalue weighted by Crippen LogP contribution is -3.00. The summed E-state index contributed by atoms with van der Waals surface area (Å²) in [5, 5.41) is 1.47. The Hall–Kier alpha value is -0.713. The highest BCUT2D eigenvalue weighted by Gasteiger charge is 2.34. The van der Waals surface area contributed by atoms with E-state index in [1.54, 1.807) is 0 Å². The van der Waals surface area contributed by atoms with Crippen molar-refractivity contribution in [2.24, 2.45) is 0 Å². The van der Waals surface area contributed by atoms with Gasteiger partial charge >= 0.3 is 0 Å². The molecule has 2 N–H and O–H groups in total. The summed E-state index contributed by atoms with van der Waals surface area (Å²) < 4.78 is 1.05. The number of anilines is 2. The van der Waals surface area contributed by atoms with Gasteiger partial charge in [-0.25, -0.2) is 0 Å². The van der Waals surface area contributed by atoms with Crippen LogP contribution in [-0.4, -0.2) is 52.8 Å². The van der Waals surface area contributed by atoms with Crippen molar-refractivity contribution < 1.29 is 16.9 Å². The average Bonchev–Trinajstić information content (AvgIpc) is 2.85. The van der Waals surface area contributed by atoms with Gasteiger partial charge in [0.1, 0.15) is 6.04 Å². The smallest absolute Gasteiger partial charge is 0.108 e. The molecule has 1 atom stereocenters. The minimum atomic E-state index is -1.43. The number of likely N-dealkylation sites (N-methyl/N-ethyl adjacent to an activating group) is 1. The number of hydrogen-bond donors (Lipinski definition) is 1. The van der Waals surface area contributed by atoms with E-state index in [9.17, 15) is 0 Å². The summed E-state index contributed by atoms with van der Waals surface area (Å²) in [6, 6.07) is 5.12. The molecule has 1 aliphatic heterocycles. The molecule has 1 saturated heterocycles. The van der Waals surface area contributed by atoms with Gasteiger partial charge in [-0.3, -0.25) is 0 Å². The van der Waals surface area contributed by atoms with Crippen molar-refractivity contribution in [3.8, 4) is 0 Å². The molecule has 1 aliphatic rings. The van der Waals surface area contributed by atoms with Crippen LogP contribution in [0.2, 0.25) is 19.6 Å². The summed E-state index contributed by atoms with van der Waals surface area (Å²) in [7, 11) is 5.50. The molecular weight excluding hydrogens is 322 g/mol. The van der Waals surface area contributed by atoms with Crippen molar-refractivity contribution in [1.82, 2.24) is 0 Å². The molecule has 0 spiro atoms. The third-order valence-electron chi connectivity index (χ3n) is 5.02. The third kappa shape index (κ3) is 4.23. The summed E-state index contributed by atoms with van der Waals surface area (Å²) in [6.45, 7) is 11.8. The molecule has 1 aromatic rings. The maximum Gasteiger partial charge on any atom is 0.108 e. The van der Waals surface area contributed by atoms with E-state index >= 15 is 0 Å². The van der Waals surface area contributed by atoms with Crippen LogP contribution in [0.15, 0.2) is 12.1 Å². The normalized spacial score (nSPS) is 18.9. The molecule has 132 valence electrons. The molecule has 23 heavy (non-hydrogen) atoms. The molecule has 1 aromatic carbocycles. The second-order valence-corrected chi connectivity index (χ2v) is 13.6. The minimum Gasteiger partial charge on any atom is -1.00 e. The third-order valence-corrected chi connectivity index (χ3v) is 7.11. The molecular formula is C18H34ClN3Si. The van der Waals surface area contributed by atoms with Crippen molar-refractivity contribution >= 4 is 24.6 Å². The quantitative estimate of drug-likeness (QED) is 0.455. The molecule has 0 aliphatic carbocycles. The first-order valence-electron chi connectivity index (χ1n) is 8.53. The first-order chi connectivity index (χ1) is 10.1. The fraction of sp³-hybridized carbons (Fsp3) is 0.667. The average molecular weight is 356 g/mol. The predicted molar refractivity (Wildman–Crippen MR) is 102 cm³/mol. The molecule has 0 aromatic heterocycles. The monoisotopic (exact) mass is 355 g/mol. The number of rotatable bonds is 4. The van der Waals surface area contributed by atoms with Crippen LogP contribution in [0, 0.1) is 0 Å². The first kappa shape index (κ1) is 20.3. The van der Waals surface area contributed by atoms with Crippen LogP contribution >= 0.6 is 0 Å². The zero-order valence-electron chi connectivity index (χ0n) is 15.9. The Morgan fingerprint density at radius 2 is 1.83 bits per heavy atom. The molecule has 0 saturated carbocycles. The second-order valence-electron chi connectivity index (χ2n) is 8.64. The highest BCUT2D eigenvalue weighted by molar-refractivity contribution is 6.90. The molecule has 1 fully saturated rings. The van der Waals surface area contributed by atoms with Gasteiger partial charge in [-0.2, -0.15) is 0 Å². The fourth-order valence-corrected chi connectivity index (χ4v) is 5.95. The van der Waals surface area contributed by atoms with Gasteiger partial charge in [0.2, 0.25) is 0 Å². The Morgan fingerprint density at radius 3 is 2.26 bits per heavy atom. The Morgan fingerprint density at radius 1 is 1.22 bits per heavy atom. The Kier molecular flexibility index (Phi) is 6.22. The molecule has 1 unspecified atom stereocenters. The number of hydrogen-bond acceptors (Lipinski definition) is 2. The number of nitrogens with zero attached hydrogens (tertiary/aromatic N) is 2. The fourth-order valence-electron chi connectivity index (χ4n) is 3.79. The lowest BCUT2D eigenvalue weighted by molar-refractivity contribution is -0.893. The van der Waals surface area contributed by atoms with E-state index in [1.165, 1.54) is 29.4 Å². The van der Waals surface area contributed by atoms with E-state index in [0.717, 1.165) is 29.2 Å². The molecule has 5 heteroatoms. The Labute approximate surface area is 149 Å². The first-order valence-corrected chi connectivity index (χ1v) is 12.0. The van der Waals surface area contributed by atoms with Crippen molar-refractivity contribution in [3.05, 3.63) is 17.7 Å². The molecule has 0 bridgehead atoms. The summed E-state index contributed by atoms with van der Waals surface area (Å²) >= 11 is 0. The summed E-state index contributed by atoms with van der Waals surface area (Å²) in [5.74, 6) is 0. The summed E-state index contributed by atoms with van der Waals surface area (Å²) in [5.41, 5.74) is 10.3. The van der Waals surface area contributed by atoms with Crippen LogP contribution in [0.3, 0.4) is 0 Å². The SMILES string of the molecule is CCc1c(N2CCC([N+](C)(C)C)C2)ccc(N)c1[Si](C)(C)C.[Cl-]. The standard InChI is InChI=1S/C18H34N3Si.ClH/c1-8-15-17(10-9-16(19)18(15)22(5,6)7)20-12-11-14(13-20)21(2,3)4;/h9-10,14H,8,11-13,19H2,1-7H3;1H/q+1;/p-1. The van der Waals surface area contributed by atoms with Gasteiger partial charge in [0.05, 0.1) is 35.8 Å². The Bertz CT molecular complexity index is 546. The molecule has 0 amide bonds. The van der Waals surface area contributed by atoms with Crippen LogP contribution in [0.1, 0.15) is 18.9 Å². The van der Waals surface area contributed by atoms with Gasteiger partial charge in [0, 0.05) is 24.3 Å². The number of halogens is 1. The number of nitrogen functional groups attached to an aromatic ring is 1. The highest BCUT2D eigenvalue weighted by Crippen LogP contribution is 2.29. The second kappa shape index (κ2) is 7.04. The van der Waals surface area contributed by atoms with Crippen molar-refractivity contribution in [1.29, 1.82) is 0 Å². The zero-order valence-corrected chi connectivity index (χ0v) is 17.7. The van der Waals surface area contributed by atoms with E-state index in [2.05, 4.69) is 64.7 Å². The van der Waals surface area contributed by atoms with E-state index in [0.29, 0.717) is 0 Å². The molecule has 3 nitrogen and oxygen atoms in total. The van der Waals surface area contributed by atoms with E-state index < -0.39 is 8.07 Å². The zero-order chi connectivity index (χ0) is 16.7. The van der Waals surface area contributed by atoms with Crippen LogP contribution in [0.4, 0.5) is 11.4 Å². The number of nitrogens with two attached hydrogens (primary N) is 1. The topological polar surface area (TPSA) is 29.3 Å². The summed E-state index contributed by atoms with van der Waals surface area (Å²) in [6.07, 6.45) is 2.35. The van der Waals surface area contributed by atoms with Crippen LogP contribution in [-0.2, 0) is 6.42 Å². The van der Waals surface area contributed by atoms with Crippen molar-refractivity contribution in [2.75, 3.05) is 44.9 Å². The molecule has 1 heterocycles. The van der Waals surface area contributed by atoms with Gasteiger partial charge in [-0.05, 0) is 29.3 Å². The van der Waals surface area contributed by atoms with Crippen LogP contribution in [0.5, 0.6) is 0 Å². The lowest BCUT2D eigenvalue weighted by atomic mass is 10.1. The minimum absolute atomic E-state index is 0. The van der Waals surface area contributed by atoms with Crippen molar-refractivity contribution in [2.45, 2.75) is 45.4 Å². The van der Waals surface area contributed by atoms with Gasteiger partial charge in [-0.1, -0.05) is 26.6 Å². The summed E-state index contributed by atoms with van der Waals surface area (Å²) in [4.78, 5) is 2.59. The van der Waals surface area contributed by atoms with Gasteiger partial charge in [-0.15, -0.1) is 0 Å². The maximum absolute atomic E-state index is 6.36. The van der Waals surface area contributed by atoms with E-state index in [1.807, 2.05) is 0 Å². The maximum atomic E-state index is 6.36. The Balaban J connectivity index is 0.00000264. The predicted octanol–water partition coefficient (Wildman–Crippen LogP) is -0.335. The lowest BCUT2D eigenvalue weighted by Gasteiger charge is -2.32. The number of benzene rings is 1. The van der Waals surface area contributed by atoms with Crippen molar-refractivity contribution in [3.63, 3.8) is 0 Å². The van der Waals surface area contributed by atoms with Crippen LogP contribution < -0.4 is 28.2 Å². The highest BCUT2D eigenvalue weighted by atomic mass is 35.5. The molecule has 0 radical (unpaired) electrons. The van der Waals surface area contributed by atoms with Gasteiger partial charge < -0.3 is 27.5 Å². The number of quaternary nitrogens is 1. The van der Waals surface area contributed by atoms with Gasteiger partial charge in [0.25, 0.3) is 0 Å². The largest absolute Gasteiger partial charge is 1.00 e. The van der Waals surface area contributed by atoms with E-state index in [4.69, 9.17) is 5.73 Å². The van der Waals surface area contributed by atoms with Gasteiger partial charge in [0.15, 0.2) is 0 Å². The molecule has 2 rings (SSSR count). The van der Waals surface area contributed by atoms with Crippen LogP contribution in [0.25, 0.3) is 0 Å².